The summed E-state index contributed by atoms with van der Waals surface area (Å²) in [6, 6.07) is 21.2. The third-order valence-corrected chi connectivity index (χ3v) is 4.89. The molecule has 0 atom stereocenters. The van der Waals surface area contributed by atoms with Crippen molar-refractivity contribution in [1.29, 1.82) is 0 Å². The van der Waals surface area contributed by atoms with Crippen molar-refractivity contribution in [1.82, 2.24) is 4.98 Å². The molecular formula is C23H17IrN2O2S-. The molecule has 4 aromatic rings. The summed E-state index contributed by atoms with van der Waals surface area (Å²) >= 11 is 1.68. The number of hydrogen-bond donors (Lipinski definition) is 1. The number of nitrogens with zero attached hydrogens (tertiary/aromatic N) is 2. The van der Waals surface area contributed by atoms with Crippen LogP contribution in [0.5, 0.6) is 0 Å². The predicted octanol–water partition coefficient (Wildman–Crippen LogP) is 6.50. The first kappa shape index (κ1) is 22.4. The van der Waals surface area contributed by atoms with Crippen LogP contribution in [0.1, 0.15) is 13.8 Å². The van der Waals surface area contributed by atoms with Crippen LogP contribution >= 0.6 is 11.3 Å². The number of hydrogen-bond acceptors (Lipinski definition) is 4. The van der Waals surface area contributed by atoms with Crippen molar-refractivity contribution in [3.05, 3.63) is 83.9 Å². The summed E-state index contributed by atoms with van der Waals surface area (Å²) in [5.41, 5.74) is 2.68. The molecule has 0 unspecified atom stereocenters. The van der Waals surface area contributed by atoms with Gasteiger partial charge < -0.3 is 5.11 Å². The van der Waals surface area contributed by atoms with Gasteiger partial charge in [0.2, 0.25) is 0 Å². The zero-order valence-electron chi connectivity index (χ0n) is 15.8. The van der Waals surface area contributed by atoms with Gasteiger partial charge in [0, 0.05) is 35.9 Å². The largest absolute Gasteiger partial charge is 0.512 e. The average molecular weight is 578 g/mol. The molecule has 0 saturated carbocycles. The van der Waals surface area contributed by atoms with Crippen LogP contribution in [0.4, 0.5) is 5.69 Å². The van der Waals surface area contributed by atoms with Gasteiger partial charge in [-0.05, 0) is 26.0 Å². The van der Waals surface area contributed by atoms with Crippen molar-refractivity contribution >= 4 is 43.8 Å². The number of thiazole rings is 1. The smallest absolute Gasteiger partial charge is 0.178 e. The summed E-state index contributed by atoms with van der Waals surface area (Å²) in [7, 11) is 0. The van der Waals surface area contributed by atoms with Gasteiger partial charge in [0.05, 0.1) is 17.8 Å². The normalized spacial score (nSPS) is 10.6. The van der Waals surface area contributed by atoms with E-state index in [9.17, 15) is 4.79 Å². The van der Waals surface area contributed by atoms with Gasteiger partial charge in [0.25, 0.3) is 0 Å². The summed E-state index contributed by atoms with van der Waals surface area (Å²) in [6.45, 7) is 9.91. The molecule has 0 aliphatic carbocycles. The van der Waals surface area contributed by atoms with Gasteiger partial charge in [-0.3, -0.25) is 9.78 Å². The van der Waals surface area contributed by atoms with E-state index in [1.807, 2.05) is 42.5 Å². The van der Waals surface area contributed by atoms with Crippen LogP contribution in [-0.2, 0) is 24.9 Å². The Morgan fingerprint density at radius 3 is 2.55 bits per heavy atom. The molecule has 4 rings (SSSR count). The van der Waals surface area contributed by atoms with Crippen molar-refractivity contribution in [3.8, 4) is 10.6 Å². The second-order valence-electron chi connectivity index (χ2n) is 6.15. The molecule has 0 bridgehead atoms. The number of aliphatic hydroxyl groups excluding tert-OH is 1. The predicted molar refractivity (Wildman–Crippen MR) is 115 cm³/mol. The second kappa shape index (κ2) is 10.1. The van der Waals surface area contributed by atoms with Gasteiger partial charge in [0.15, 0.2) is 11.5 Å². The van der Waals surface area contributed by atoms with E-state index in [4.69, 9.17) is 11.7 Å². The molecule has 0 saturated heterocycles. The van der Waals surface area contributed by atoms with E-state index in [2.05, 4.69) is 28.0 Å². The summed E-state index contributed by atoms with van der Waals surface area (Å²) in [5.74, 6) is -0.0625. The third kappa shape index (κ3) is 5.82. The van der Waals surface area contributed by atoms with E-state index in [0.29, 0.717) is 5.69 Å². The van der Waals surface area contributed by atoms with Crippen LogP contribution < -0.4 is 0 Å². The molecule has 3 aromatic carbocycles. The van der Waals surface area contributed by atoms with Crippen molar-refractivity contribution in [2.75, 3.05) is 0 Å². The molecule has 0 spiro atoms. The number of allylic oxidation sites excluding steroid dienone is 2. The Kier molecular flexibility index (Phi) is 7.81. The molecule has 1 aromatic heterocycles. The van der Waals surface area contributed by atoms with Crippen LogP contribution in [0.3, 0.4) is 0 Å². The number of fused-ring (bicyclic) bond motifs is 2. The number of carbonyl (C=O) groups excluding carboxylic acids is 1. The van der Waals surface area contributed by atoms with Gasteiger partial charge in [-0.15, -0.1) is 34.5 Å². The third-order valence-electron chi connectivity index (χ3n) is 3.82. The zero-order valence-corrected chi connectivity index (χ0v) is 19.0. The summed E-state index contributed by atoms with van der Waals surface area (Å²) < 4.78 is 1.18. The van der Waals surface area contributed by atoms with E-state index in [0.717, 1.165) is 26.9 Å². The maximum atomic E-state index is 10.0. The van der Waals surface area contributed by atoms with E-state index in [1.54, 1.807) is 11.3 Å². The van der Waals surface area contributed by atoms with Crippen molar-refractivity contribution in [2.45, 2.75) is 13.8 Å². The SMILES string of the molecule is CC(=O)/C=C(/C)O.[C-]#[N+]c1ccc2cc(-c3nc4ccccc4s3)[c-]cc2c1.[Ir]. The first-order chi connectivity index (χ1) is 13.5. The Morgan fingerprint density at radius 2 is 1.93 bits per heavy atom. The molecular weight excluding hydrogens is 561 g/mol. The van der Waals surface area contributed by atoms with E-state index >= 15 is 0 Å². The molecule has 0 fully saturated rings. The van der Waals surface area contributed by atoms with E-state index in [-0.39, 0.29) is 31.6 Å². The van der Waals surface area contributed by atoms with Crippen LogP contribution in [0.2, 0.25) is 0 Å². The standard InChI is InChI=1S/C18H9N2S.C5H8O2.Ir/c1-19-15-9-8-12-10-14(7-6-13(12)11-15)18-20-16-4-2-3-5-17(16)21-18;1-4(6)3-5(2)7;/h2-6,8-11H;3,6H,1-2H3;/q-1;;/b;4-3-;. The molecule has 1 N–H and O–H groups in total. The van der Waals surface area contributed by atoms with Gasteiger partial charge in [-0.25, -0.2) is 4.85 Å². The average Bonchev–Trinajstić information content (AvgIpc) is 3.11. The number of para-hydroxylation sites is 1. The molecule has 1 radical (unpaired) electrons. The second-order valence-corrected chi connectivity index (χ2v) is 7.19. The molecule has 29 heavy (non-hydrogen) atoms. The Balaban J connectivity index is 0.000000327. The number of benzene rings is 3. The number of carbonyl (C=O) groups is 1. The van der Waals surface area contributed by atoms with Crippen LogP contribution in [0.25, 0.3) is 36.4 Å². The van der Waals surface area contributed by atoms with Crippen LogP contribution in [0, 0.1) is 12.6 Å². The van der Waals surface area contributed by atoms with E-state index < -0.39 is 0 Å². The van der Waals surface area contributed by atoms with Gasteiger partial charge in [-0.1, -0.05) is 30.3 Å². The van der Waals surface area contributed by atoms with Crippen molar-refractivity contribution in [3.63, 3.8) is 0 Å². The first-order valence-electron chi connectivity index (χ1n) is 8.53. The molecule has 6 heteroatoms. The minimum Gasteiger partial charge on any atom is -0.512 e. The van der Waals surface area contributed by atoms with Gasteiger partial charge >= 0.3 is 0 Å². The van der Waals surface area contributed by atoms with Gasteiger partial charge in [-0.2, -0.15) is 11.3 Å². The molecule has 0 aliphatic heterocycles. The monoisotopic (exact) mass is 578 g/mol. The Bertz CT molecular complexity index is 1200. The van der Waals surface area contributed by atoms with Crippen LogP contribution in [0.15, 0.2) is 66.4 Å². The zero-order chi connectivity index (χ0) is 20.1. The molecule has 0 amide bonds. The quantitative estimate of drug-likeness (QED) is 0.168. The van der Waals surface area contributed by atoms with Crippen molar-refractivity contribution < 1.29 is 30.0 Å². The van der Waals surface area contributed by atoms with Gasteiger partial charge in [0.1, 0.15) is 0 Å². The number of rotatable bonds is 2. The fourth-order valence-corrected chi connectivity index (χ4v) is 3.59. The minimum atomic E-state index is -0.125. The Morgan fingerprint density at radius 1 is 1.17 bits per heavy atom. The Hall–Kier alpha value is -2.84. The minimum absolute atomic E-state index is 0. The fraction of sp³-hybridized carbons (Fsp3) is 0.0870. The molecule has 1 heterocycles. The van der Waals surface area contributed by atoms with Crippen LogP contribution in [-0.4, -0.2) is 15.9 Å². The number of ketones is 1. The Labute approximate surface area is 186 Å². The maximum Gasteiger partial charge on any atom is 0.178 e. The molecule has 147 valence electrons. The van der Waals surface area contributed by atoms with Crippen molar-refractivity contribution in [2.24, 2.45) is 0 Å². The molecule has 0 aliphatic rings. The number of aliphatic hydroxyl groups is 1. The topological polar surface area (TPSA) is 54.5 Å². The summed E-state index contributed by atoms with van der Waals surface area (Å²) in [4.78, 5) is 18.1. The molecule has 4 nitrogen and oxygen atoms in total. The number of aromatic nitrogens is 1. The van der Waals surface area contributed by atoms with E-state index in [1.165, 1.54) is 24.6 Å². The summed E-state index contributed by atoms with van der Waals surface area (Å²) in [6.07, 6.45) is 1.17. The fourth-order valence-electron chi connectivity index (χ4n) is 2.65. The maximum absolute atomic E-state index is 10.0. The summed E-state index contributed by atoms with van der Waals surface area (Å²) in [5, 5.41) is 11.5. The first-order valence-corrected chi connectivity index (χ1v) is 9.34.